The molecule has 0 heterocycles. The van der Waals surface area contributed by atoms with Crippen LogP contribution in [0.1, 0.15) is 0 Å². The number of hydrogen-bond donors (Lipinski definition) is 0. The Morgan fingerprint density at radius 1 is 1.31 bits per heavy atom. The van der Waals surface area contributed by atoms with E-state index in [2.05, 4.69) is 25.4 Å². The molecule has 0 aliphatic rings. The van der Waals surface area contributed by atoms with Crippen LogP contribution in [0.2, 0.25) is 0 Å². The molecule has 90 valence electrons. The molecule has 7 heteroatoms. The summed E-state index contributed by atoms with van der Waals surface area (Å²) in [6.45, 7) is 0.0198. The van der Waals surface area contributed by atoms with E-state index in [1.54, 1.807) is 0 Å². The number of halogens is 4. The van der Waals surface area contributed by atoms with Crippen molar-refractivity contribution in [2.45, 2.75) is 6.36 Å². The summed E-state index contributed by atoms with van der Waals surface area (Å²) in [6, 6.07) is 3.87. The third kappa shape index (κ3) is 4.28. The highest BCUT2D eigenvalue weighted by Gasteiger charge is 2.31. The zero-order valence-corrected chi connectivity index (χ0v) is 9.76. The Morgan fingerprint density at radius 3 is 2.50 bits per heavy atom. The number of ether oxygens (including phenoxy) is 3. The van der Waals surface area contributed by atoms with Gasteiger partial charge in [0.05, 0.1) is 4.47 Å². The number of benzene rings is 1. The van der Waals surface area contributed by atoms with Crippen LogP contribution in [0.3, 0.4) is 0 Å². The van der Waals surface area contributed by atoms with Gasteiger partial charge < -0.3 is 14.2 Å². The lowest BCUT2D eigenvalue weighted by Crippen LogP contribution is -2.17. The Bertz CT molecular complexity index is 354. The molecule has 0 saturated carbocycles. The first kappa shape index (κ1) is 13.1. The Morgan fingerprint density at radius 2 is 2.00 bits per heavy atom. The van der Waals surface area contributed by atoms with Gasteiger partial charge in [-0.2, -0.15) is 0 Å². The van der Waals surface area contributed by atoms with Gasteiger partial charge in [0.2, 0.25) is 0 Å². The highest BCUT2D eigenvalue weighted by Crippen LogP contribution is 2.33. The van der Waals surface area contributed by atoms with Gasteiger partial charge in [-0.05, 0) is 34.1 Å². The number of methoxy groups -OCH3 is 1. The van der Waals surface area contributed by atoms with Crippen LogP contribution < -0.4 is 9.47 Å². The van der Waals surface area contributed by atoms with E-state index in [1.165, 1.54) is 19.2 Å². The Labute approximate surface area is 98.2 Å². The van der Waals surface area contributed by atoms with Crippen molar-refractivity contribution in [1.29, 1.82) is 0 Å². The molecule has 0 aliphatic heterocycles. The van der Waals surface area contributed by atoms with Gasteiger partial charge in [-0.15, -0.1) is 13.2 Å². The predicted molar refractivity (Wildman–Crippen MR) is 53.3 cm³/mol. The van der Waals surface area contributed by atoms with E-state index < -0.39 is 6.36 Å². The maximum absolute atomic E-state index is 11.9. The van der Waals surface area contributed by atoms with Gasteiger partial charge >= 0.3 is 6.36 Å². The molecule has 0 saturated heterocycles. The van der Waals surface area contributed by atoms with E-state index in [1.807, 2.05) is 0 Å². The summed E-state index contributed by atoms with van der Waals surface area (Å²) >= 11 is 2.95. The fourth-order valence-corrected chi connectivity index (χ4v) is 1.34. The smallest absolute Gasteiger partial charge is 0.468 e. The first-order valence-electron chi connectivity index (χ1n) is 4.09. The molecule has 16 heavy (non-hydrogen) atoms. The second-order valence-corrected chi connectivity index (χ2v) is 3.55. The molecule has 3 nitrogen and oxygen atoms in total. The van der Waals surface area contributed by atoms with Crippen LogP contribution in [0, 0.1) is 0 Å². The van der Waals surface area contributed by atoms with Gasteiger partial charge in [-0.3, -0.25) is 0 Å². The van der Waals surface area contributed by atoms with Crippen molar-refractivity contribution in [2.75, 3.05) is 13.9 Å². The van der Waals surface area contributed by atoms with Crippen molar-refractivity contribution in [3.63, 3.8) is 0 Å². The second kappa shape index (κ2) is 5.40. The van der Waals surface area contributed by atoms with Gasteiger partial charge in [-0.25, -0.2) is 0 Å². The number of rotatable bonds is 4. The summed E-state index contributed by atoms with van der Waals surface area (Å²) < 4.78 is 49.4. The van der Waals surface area contributed by atoms with Gasteiger partial charge in [-0.1, -0.05) is 0 Å². The highest BCUT2D eigenvalue weighted by atomic mass is 79.9. The molecule has 0 fully saturated rings. The Kier molecular flexibility index (Phi) is 4.43. The maximum atomic E-state index is 11.9. The molecular formula is C9H8BrF3O3. The minimum atomic E-state index is -4.71. The summed E-state index contributed by atoms with van der Waals surface area (Å²) in [6.07, 6.45) is -4.71. The van der Waals surface area contributed by atoms with Gasteiger partial charge in [0.15, 0.2) is 6.79 Å². The lowest BCUT2D eigenvalue weighted by atomic mass is 10.3. The topological polar surface area (TPSA) is 27.7 Å². The van der Waals surface area contributed by atoms with Gasteiger partial charge in [0.25, 0.3) is 0 Å². The lowest BCUT2D eigenvalue weighted by Gasteiger charge is -2.11. The minimum Gasteiger partial charge on any atom is -0.468 e. The third-order valence-corrected chi connectivity index (χ3v) is 2.09. The molecular weight excluding hydrogens is 293 g/mol. The normalized spacial score (nSPS) is 11.3. The van der Waals surface area contributed by atoms with E-state index in [9.17, 15) is 13.2 Å². The summed E-state index contributed by atoms with van der Waals surface area (Å²) in [5.41, 5.74) is 0. The molecule has 0 N–H and O–H groups in total. The fourth-order valence-electron chi connectivity index (χ4n) is 0.906. The molecule has 0 atom stereocenters. The highest BCUT2D eigenvalue weighted by molar-refractivity contribution is 9.10. The molecule has 0 aliphatic carbocycles. The predicted octanol–water partition coefficient (Wildman–Crippen LogP) is 3.33. The molecule has 1 aromatic rings. The average Bonchev–Trinajstić information content (AvgIpc) is 2.17. The van der Waals surface area contributed by atoms with E-state index in [4.69, 9.17) is 4.74 Å². The first-order valence-corrected chi connectivity index (χ1v) is 4.88. The summed E-state index contributed by atoms with van der Waals surface area (Å²) in [5.74, 6) is 0.0560. The second-order valence-electron chi connectivity index (χ2n) is 2.69. The van der Waals surface area contributed by atoms with Crippen LogP contribution in [-0.4, -0.2) is 20.3 Å². The van der Waals surface area contributed by atoms with Gasteiger partial charge in [0.1, 0.15) is 11.5 Å². The fraction of sp³-hybridized carbons (Fsp3) is 0.333. The van der Waals surface area contributed by atoms with Crippen molar-refractivity contribution < 1.29 is 27.4 Å². The number of hydrogen-bond acceptors (Lipinski definition) is 3. The van der Waals surface area contributed by atoms with E-state index in [0.717, 1.165) is 6.07 Å². The molecule has 0 amide bonds. The summed E-state index contributed by atoms with van der Waals surface area (Å²) in [5, 5.41) is 0. The zero-order chi connectivity index (χ0) is 12.2. The molecule has 0 bridgehead atoms. The van der Waals surface area contributed by atoms with Crippen molar-refractivity contribution in [3.05, 3.63) is 22.7 Å². The average molecular weight is 301 g/mol. The maximum Gasteiger partial charge on any atom is 0.573 e. The SMILES string of the molecule is COCOc1ccc(OC(F)(F)F)c(Br)c1. The quantitative estimate of drug-likeness (QED) is 0.798. The lowest BCUT2D eigenvalue weighted by molar-refractivity contribution is -0.274. The zero-order valence-electron chi connectivity index (χ0n) is 8.18. The number of alkyl halides is 3. The van der Waals surface area contributed by atoms with Crippen LogP contribution in [0.15, 0.2) is 22.7 Å². The third-order valence-electron chi connectivity index (χ3n) is 1.47. The van der Waals surface area contributed by atoms with Crippen LogP contribution in [-0.2, 0) is 4.74 Å². The van der Waals surface area contributed by atoms with Crippen molar-refractivity contribution in [1.82, 2.24) is 0 Å². The van der Waals surface area contributed by atoms with Crippen LogP contribution in [0.25, 0.3) is 0 Å². The summed E-state index contributed by atoms with van der Waals surface area (Å²) in [4.78, 5) is 0. The van der Waals surface area contributed by atoms with E-state index >= 15 is 0 Å². The van der Waals surface area contributed by atoms with Crippen LogP contribution in [0.5, 0.6) is 11.5 Å². The standard InChI is InChI=1S/C9H8BrF3O3/c1-14-5-15-6-2-3-8(7(10)4-6)16-9(11,12)13/h2-4H,5H2,1H3. The largest absolute Gasteiger partial charge is 0.573 e. The van der Waals surface area contributed by atoms with Crippen molar-refractivity contribution in [2.24, 2.45) is 0 Å². The molecule has 1 aromatic carbocycles. The monoisotopic (exact) mass is 300 g/mol. The Hall–Kier alpha value is -0.950. The molecule has 1 rings (SSSR count). The molecule has 0 aromatic heterocycles. The van der Waals surface area contributed by atoms with Crippen molar-refractivity contribution in [3.8, 4) is 11.5 Å². The minimum absolute atomic E-state index is 0.0198. The van der Waals surface area contributed by atoms with Gasteiger partial charge in [0, 0.05) is 7.11 Å². The molecule has 0 unspecified atom stereocenters. The molecule has 0 radical (unpaired) electrons. The van der Waals surface area contributed by atoms with Crippen LogP contribution >= 0.6 is 15.9 Å². The van der Waals surface area contributed by atoms with Crippen molar-refractivity contribution >= 4 is 15.9 Å². The first-order chi connectivity index (χ1) is 7.42. The Balaban J connectivity index is 2.75. The van der Waals surface area contributed by atoms with Crippen LogP contribution in [0.4, 0.5) is 13.2 Å². The summed E-state index contributed by atoms with van der Waals surface area (Å²) in [7, 11) is 1.44. The van der Waals surface area contributed by atoms with E-state index in [-0.39, 0.29) is 17.0 Å². The van der Waals surface area contributed by atoms with E-state index in [0.29, 0.717) is 5.75 Å². The molecule has 0 spiro atoms.